The van der Waals surface area contributed by atoms with Crippen molar-refractivity contribution in [3.05, 3.63) is 58.4 Å². The van der Waals surface area contributed by atoms with Crippen LogP contribution in [0.25, 0.3) is 22.0 Å². The average Bonchev–Trinajstić information content (AvgIpc) is 3.29. The molecule has 0 bridgehead atoms. The van der Waals surface area contributed by atoms with Gasteiger partial charge in [-0.1, -0.05) is 37.1 Å². The van der Waals surface area contributed by atoms with Crippen molar-refractivity contribution in [1.29, 1.82) is 0 Å². The van der Waals surface area contributed by atoms with Crippen LogP contribution in [0.4, 0.5) is 0 Å². The lowest BCUT2D eigenvalue weighted by molar-refractivity contribution is 0.0936. The van der Waals surface area contributed by atoms with Crippen LogP contribution in [0.1, 0.15) is 36.0 Å². The fourth-order valence-corrected chi connectivity index (χ4v) is 4.67. The number of aromatic nitrogens is 1. The van der Waals surface area contributed by atoms with Crippen LogP contribution in [-0.2, 0) is 6.54 Å². The molecule has 3 aromatic rings. The highest BCUT2D eigenvalue weighted by Crippen LogP contribution is 2.37. The van der Waals surface area contributed by atoms with Crippen LogP contribution in [-0.4, -0.2) is 30.2 Å². The SMILES string of the molecule is COc1cccc(-c2c(C(=O)NC3CCCC3)c(=O)n3c4c(cccc24)OCC3)c1. The third kappa shape index (κ3) is 3.03. The molecule has 6 nitrogen and oxygen atoms in total. The van der Waals surface area contributed by atoms with Gasteiger partial charge in [-0.2, -0.15) is 0 Å². The lowest BCUT2D eigenvalue weighted by Gasteiger charge is -2.24. The Kier molecular flexibility index (Phi) is 4.69. The number of hydrogen-bond donors (Lipinski definition) is 1. The lowest BCUT2D eigenvalue weighted by Crippen LogP contribution is -2.39. The molecular formula is C24H24N2O4. The number of rotatable bonds is 4. The van der Waals surface area contributed by atoms with Crippen molar-refractivity contribution in [2.24, 2.45) is 0 Å². The highest BCUT2D eigenvalue weighted by atomic mass is 16.5. The second-order valence-electron chi connectivity index (χ2n) is 7.89. The second kappa shape index (κ2) is 7.52. The molecule has 1 saturated carbocycles. The number of nitrogens with zero attached hydrogens (tertiary/aromatic N) is 1. The molecule has 1 amide bonds. The first kappa shape index (κ1) is 18.7. The maximum atomic E-state index is 13.6. The van der Waals surface area contributed by atoms with Crippen molar-refractivity contribution >= 4 is 16.8 Å². The number of benzene rings is 2. The zero-order valence-corrected chi connectivity index (χ0v) is 16.9. The topological polar surface area (TPSA) is 69.6 Å². The summed E-state index contributed by atoms with van der Waals surface area (Å²) in [5.41, 5.74) is 2.07. The van der Waals surface area contributed by atoms with Gasteiger partial charge in [0.25, 0.3) is 11.5 Å². The summed E-state index contributed by atoms with van der Waals surface area (Å²) in [5, 5.41) is 3.94. The summed E-state index contributed by atoms with van der Waals surface area (Å²) in [5.74, 6) is 1.04. The van der Waals surface area contributed by atoms with Crippen molar-refractivity contribution in [2.45, 2.75) is 38.3 Å². The van der Waals surface area contributed by atoms with Crippen LogP contribution in [0.3, 0.4) is 0 Å². The molecule has 0 radical (unpaired) electrons. The van der Waals surface area contributed by atoms with Gasteiger partial charge in [-0.15, -0.1) is 0 Å². The summed E-state index contributed by atoms with van der Waals surface area (Å²) in [7, 11) is 1.60. The van der Waals surface area contributed by atoms with Crippen molar-refractivity contribution in [1.82, 2.24) is 9.88 Å². The van der Waals surface area contributed by atoms with E-state index >= 15 is 0 Å². The fraction of sp³-hybridized carbons (Fsp3) is 0.333. The van der Waals surface area contributed by atoms with Gasteiger partial charge in [0.2, 0.25) is 0 Å². The molecule has 30 heavy (non-hydrogen) atoms. The first-order valence-electron chi connectivity index (χ1n) is 10.4. The Bertz CT molecular complexity index is 1190. The third-order valence-corrected chi connectivity index (χ3v) is 6.10. The molecule has 2 heterocycles. The van der Waals surface area contributed by atoms with E-state index in [0.717, 1.165) is 42.1 Å². The molecule has 0 atom stereocenters. The Hall–Kier alpha value is -3.28. The van der Waals surface area contributed by atoms with Crippen LogP contribution in [0.15, 0.2) is 47.3 Å². The van der Waals surface area contributed by atoms with E-state index in [1.807, 2.05) is 42.5 Å². The van der Waals surface area contributed by atoms with Crippen molar-refractivity contribution < 1.29 is 14.3 Å². The van der Waals surface area contributed by atoms with Gasteiger partial charge in [0, 0.05) is 17.0 Å². The van der Waals surface area contributed by atoms with E-state index in [1.165, 1.54) is 0 Å². The molecular weight excluding hydrogens is 380 g/mol. The van der Waals surface area contributed by atoms with Crippen LogP contribution >= 0.6 is 0 Å². The molecule has 2 aromatic carbocycles. The molecule has 1 N–H and O–H groups in total. The molecule has 2 aliphatic rings. The monoisotopic (exact) mass is 404 g/mol. The predicted octanol–water partition coefficient (Wildman–Crippen LogP) is 3.74. The van der Waals surface area contributed by atoms with E-state index in [-0.39, 0.29) is 23.1 Å². The summed E-state index contributed by atoms with van der Waals surface area (Å²) < 4.78 is 12.9. The van der Waals surface area contributed by atoms with Crippen LogP contribution in [0, 0.1) is 0 Å². The second-order valence-corrected chi connectivity index (χ2v) is 7.89. The first-order valence-corrected chi connectivity index (χ1v) is 10.4. The molecule has 0 saturated heterocycles. The van der Waals surface area contributed by atoms with Gasteiger partial charge in [-0.05, 0) is 36.6 Å². The molecule has 1 aliphatic heterocycles. The minimum Gasteiger partial charge on any atom is -0.497 e. The zero-order valence-electron chi connectivity index (χ0n) is 16.9. The van der Waals surface area contributed by atoms with Gasteiger partial charge in [0.15, 0.2) is 0 Å². The summed E-state index contributed by atoms with van der Waals surface area (Å²) in [6.45, 7) is 0.836. The minimum absolute atomic E-state index is 0.127. The quantitative estimate of drug-likeness (QED) is 0.719. The normalized spacial score (nSPS) is 15.8. The fourth-order valence-electron chi connectivity index (χ4n) is 4.67. The summed E-state index contributed by atoms with van der Waals surface area (Å²) in [6, 6.07) is 13.3. The first-order chi connectivity index (χ1) is 14.7. The summed E-state index contributed by atoms with van der Waals surface area (Å²) in [4.78, 5) is 27.0. The molecule has 0 unspecified atom stereocenters. The third-order valence-electron chi connectivity index (χ3n) is 6.10. The number of carbonyl (C=O) groups excluding carboxylic acids is 1. The van der Waals surface area contributed by atoms with Crippen molar-refractivity contribution in [2.75, 3.05) is 13.7 Å². The summed E-state index contributed by atoms with van der Waals surface area (Å²) >= 11 is 0. The average molecular weight is 404 g/mol. The van der Waals surface area contributed by atoms with Crippen molar-refractivity contribution in [3.8, 4) is 22.6 Å². The van der Waals surface area contributed by atoms with Gasteiger partial charge in [-0.3, -0.25) is 9.59 Å². The molecule has 5 rings (SSSR count). The van der Waals surface area contributed by atoms with E-state index in [9.17, 15) is 9.59 Å². The standard InChI is InChI=1S/C24H24N2O4/c1-29-17-9-4-6-15(14-17)20-18-10-5-11-19-22(18)26(12-13-30-19)24(28)21(20)23(27)25-16-7-2-3-8-16/h4-6,9-11,14,16H,2-3,7-8,12-13H2,1H3,(H,25,27). The van der Waals surface area contributed by atoms with Crippen molar-refractivity contribution in [3.63, 3.8) is 0 Å². The van der Waals surface area contributed by atoms with Gasteiger partial charge >= 0.3 is 0 Å². The number of carbonyl (C=O) groups is 1. The van der Waals surface area contributed by atoms with Gasteiger partial charge in [-0.25, -0.2) is 0 Å². The molecule has 154 valence electrons. The highest BCUT2D eigenvalue weighted by Gasteiger charge is 2.28. The Morgan fingerprint density at radius 1 is 1.17 bits per heavy atom. The molecule has 1 aromatic heterocycles. The van der Waals surface area contributed by atoms with Crippen LogP contribution in [0.5, 0.6) is 11.5 Å². The number of methoxy groups -OCH3 is 1. The number of ether oxygens (including phenoxy) is 2. The van der Waals surface area contributed by atoms with E-state index in [1.54, 1.807) is 11.7 Å². The smallest absolute Gasteiger partial charge is 0.264 e. The molecule has 1 fully saturated rings. The highest BCUT2D eigenvalue weighted by molar-refractivity contribution is 6.10. The Balaban J connectivity index is 1.80. The number of hydrogen-bond acceptors (Lipinski definition) is 4. The predicted molar refractivity (Wildman–Crippen MR) is 115 cm³/mol. The van der Waals surface area contributed by atoms with Crippen LogP contribution < -0.4 is 20.3 Å². The van der Waals surface area contributed by atoms with E-state index < -0.39 is 0 Å². The number of amides is 1. The Labute approximate surface area is 174 Å². The molecule has 0 spiro atoms. The van der Waals surface area contributed by atoms with Gasteiger partial charge in [0.1, 0.15) is 23.7 Å². The van der Waals surface area contributed by atoms with Gasteiger partial charge < -0.3 is 19.4 Å². The number of pyridine rings is 1. The summed E-state index contributed by atoms with van der Waals surface area (Å²) in [6.07, 6.45) is 4.13. The van der Waals surface area contributed by atoms with E-state index in [4.69, 9.17) is 9.47 Å². The zero-order chi connectivity index (χ0) is 20.7. The number of nitrogens with one attached hydrogen (secondary N) is 1. The van der Waals surface area contributed by atoms with E-state index in [2.05, 4.69) is 5.32 Å². The maximum Gasteiger partial charge on any atom is 0.264 e. The number of para-hydroxylation sites is 1. The molecule has 1 aliphatic carbocycles. The van der Waals surface area contributed by atoms with Gasteiger partial charge in [0.05, 0.1) is 19.2 Å². The Morgan fingerprint density at radius 2 is 1.97 bits per heavy atom. The van der Waals surface area contributed by atoms with E-state index in [0.29, 0.717) is 30.2 Å². The molecule has 6 heteroatoms. The largest absolute Gasteiger partial charge is 0.497 e. The lowest BCUT2D eigenvalue weighted by atomic mass is 9.94. The van der Waals surface area contributed by atoms with Crippen LogP contribution in [0.2, 0.25) is 0 Å². The maximum absolute atomic E-state index is 13.6. The Morgan fingerprint density at radius 3 is 2.77 bits per heavy atom. The minimum atomic E-state index is -0.299.